The standard InChI is InChI=1S/C18H22Br2N2O2/c1-9(11-3-4-11)21-17(23)13-7-16(20)14(8-15(13)19)18(24)22-10(2)12-5-6-12/h7-12H,3-6H2,1-2H3,(H,21,23)(H,22,24). The van der Waals surface area contributed by atoms with Gasteiger partial charge in [-0.2, -0.15) is 0 Å². The molecule has 6 heteroatoms. The minimum atomic E-state index is -0.111. The Morgan fingerprint density at radius 2 is 1.21 bits per heavy atom. The molecule has 2 aliphatic rings. The van der Waals surface area contributed by atoms with Gasteiger partial charge in [0.25, 0.3) is 11.8 Å². The molecule has 0 saturated heterocycles. The van der Waals surface area contributed by atoms with Gasteiger partial charge in [-0.1, -0.05) is 0 Å². The van der Waals surface area contributed by atoms with Crippen molar-refractivity contribution in [2.45, 2.75) is 51.6 Å². The van der Waals surface area contributed by atoms with Gasteiger partial charge in [0.15, 0.2) is 0 Å². The van der Waals surface area contributed by atoms with E-state index in [4.69, 9.17) is 0 Å². The molecule has 1 aromatic rings. The normalized spacial score (nSPS) is 19.5. The zero-order valence-electron chi connectivity index (χ0n) is 13.9. The Morgan fingerprint density at radius 3 is 1.50 bits per heavy atom. The van der Waals surface area contributed by atoms with Crippen LogP contribution in [0.25, 0.3) is 0 Å². The van der Waals surface area contributed by atoms with E-state index in [0.29, 0.717) is 31.9 Å². The lowest BCUT2D eigenvalue weighted by atomic mass is 10.1. The third kappa shape index (κ3) is 4.20. The monoisotopic (exact) mass is 456 g/mol. The van der Waals surface area contributed by atoms with Crippen LogP contribution in [0.4, 0.5) is 0 Å². The fourth-order valence-electron chi connectivity index (χ4n) is 2.89. The Morgan fingerprint density at radius 1 is 0.875 bits per heavy atom. The molecule has 2 amide bonds. The van der Waals surface area contributed by atoms with Crippen molar-refractivity contribution < 1.29 is 9.59 Å². The van der Waals surface area contributed by atoms with Crippen LogP contribution in [0.5, 0.6) is 0 Å². The van der Waals surface area contributed by atoms with Crippen LogP contribution in [0.15, 0.2) is 21.1 Å². The van der Waals surface area contributed by atoms with E-state index in [0.717, 1.165) is 0 Å². The lowest BCUT2D eigenvalue weighted by Crippen LogP contribution is -2.35. The highest BCUT2D eigenvalue weighted by Gasteiger charge is 2.31. The molecule has 0 bridgehead atoms. The molecule has 130 valence electrons. The fraction of sp³-hybridized carbons (Fsp3) is 0.556. The summed E-state index contributed by atoms with van der Waals surface area (Å²) in [7, 11) is 0. The molecule has 1 aromatic carbocycles. The number of benzene rings is 1. The van der Waals surface area contributed by atoms with Crippen molar-refractivity contribution in [2.75, 3.05) is 0 Å². The molecule has 4 nitrogen and oxygen atoms in total. The van der Waals surface area contributed by atoms with Gasteiger partial charge in [-0.05, 0) is 95.4 Å². The topological polar surface area (TPSA) is 58.2 Å². The second kappa shape index (κ2) is 7.16. The van der Waals surface area contributed by atoms with Gasteiger partial charge in [0.05, 0.1) is 11.1 Å². The quantitative estimate of drug-likeness (QED) is 0.670. The summed E-state index contributed by atoms with van der Waals surface area (Å²) in [6, 6.07) is 3.81. The first-order valence-electron chi connectivity index (χ1n) is 8.47. The second-order valence-electron chi connectivity index (χ2n) is 7.01. The molecule has 0 aromatic heterocycles. The fourth-order valence-corrected chi connectivity index (χ4v) is 3.94. The summed E-state index contributed by atoms with van der Waals surface area (Å²) in [5.41, 5.74) is 1.09. The highest BCUT2D eigenvalue weighted by Crippen LogP contribution is 2.34. The van der Waals surface area contributed by atoms with Gasteiger partial charge in [-0.15, -0.1) is 0 Å². The first-order chi connectivity index (χ1) is 11.4. The zero-order valence-corrected chi connectivity index (χ0v) is 17.0. The number of halogens is 2. The van der Waals surface area contributed by atoms with E-state index >= 15 is 0 Å². The summed E-state index contributed by atoms with van der Waals surface area (Å²) in [6.07, 6.45) is 4.74. The minimum absolute atomic E-state index is 0.111. The third-order valence-corrected chi connectivity index (χ3v) is 6.23. The van der Waals surface area contributed by atoms with Gasteiger partial charge in [-0.3, -0.25) is 9.59 Å². The maximum Gasteiger partial charge on any atom is 0.252 e. The zero-order chi connectivity index (χ0) is 17.4. The molecule has 0 heterocycles. The van der Waals surface area contributed by atoms with E-state index in [1.807, 2.05) is 13.8 Å². The average molecular weight is 458 g/mol. The number of amides is 2. The van der Waals surface area contributed by atoms with Crippen molar-refractivity contribution in [1.82, 2.24) is 10.6 Å². The Bertz CT molecular complexity index is 611. The number of rotatable bonds is 6. The number of hydrogen-bond acceptors (Lipinski definition) is 2. The Kier molecular flexibility index (Phi) is 5.35. The van der Waals surface area contributed by atoms with Crippen LogP contribution in [0.1, 0.15) is 60.2 Å². The van der Waals surface area contributed by atoms with E-state index in [1.54, 1.807) is 12.1 Å². The molecule has 0 spiro atoms. The molecular weight excluding hydrogens is 436 g/mol. The van der Waals surface area contributed by atoms with Crippen LogP contribution >= 0.6 is 31.9 Å². The first-order valence-corrected chi connectivity index (χ1v) is 10.1. The first kappa shape index (κ1) is 17.9. The third-order valence-electron chi connectivity index (χ3n) is 4.92. The maximum atomic E-state index is 12.5. The summed E-state index contributed by atoms with van der Waals surface area (Å²) < 4.78 is 1.27. The molecule has 2 atom stereocenters. The SMILES string of the molecule is CC(NC(=O)c1cc(Br)c(C(=O)NC(C)C2CC2)cc1Br)C1CC1. The molecular formula is C18H22Br2N2O2. The summed E-state index contributed by atoms with van der Waals surface area (Å²) in [6.45, 7) is 4.08. The summed E-state index contributed by atoms with van der Waals surface area (Å²) in [5.74, 6) is 0.982. The van der Waals surface area contributed by atoms with Gasteiger partial charge < -0.3 is 10.6 Å². The van der Waals surface area contributed by atoms with Crippen LogP contribution in [-0.2, 0) is 0 Å². The van der Waals surface area contributed by atoms with Gasteiger partial charge in [-0.25, -0.2) is 0 Å². The summed E-state index contributed by atoms with van der Waals surface area (Å²) in [5, 5.41) is 6.08. The van der Waals surface area contributed by atoms with E-state index in [9.17, 15) is 9.59 Å². The predicted octanol–water partition coefficient (Wildman–Crippen LogP) is 4.27. The molecule has 2 saturated carbocycles. The highest BCUT2D eigenvalue weighted by molar-refractivity contribution is 9.11. The predicted molar refractivity (Wildman–Crippen MR) is 101 cm³/mol. The molecule has 0 aliphatic heterocycles. The highest BCUT2D eigenvalue weighted by atomic mass is 79.9. The maximum absolute atomic E-state index is 12.5. The Hall–Kier alpha value is -0.880. The molecule has 3 rings (SSSR count). The van der Waals surface area contributed by atoms with Crippen LogP contribution in [0.2, 0.25) is 0 Å². The average Bonchev–Trinajstić information content (AvgIpc) is 3.40. The molecule has 2 fully saturated rings. The van der Waals surface area contributed by atoms with Crippen molar-refractivity contribution in [3.05, 3.63) is 32.2 Å². The van der Waals surface area contributed by atoms with Crippen molar-refractivity contribution in [1.29, 1.82) is 0 Å². The van der Waals surface area contributed by atoms with Crippen molar-refractivity contribution in [3.63, 3.8) is 0 Å². The van der Waals surface area contributed by atoms with Crippen LogP contribution in [-0.4, -0.2) is 23.9 Å². The molecule has 2 unspecified atom stereocenters. The molecule has 2 aliphatic carbocycles. The number of carbonyl (C=O) groups is 2. The van der Waals surface area contributed by atoms with E-state index in [-0.39, 0.29) is 23.9 Å². The second-order valence-corrected chi connectivity index (χ2v) is 8.72. The Labute approximate surface area is 159 Å². The lowest BCUT2D eigenvalue weighted by molar-refractivity contribution is 0.0922. The van der Waals surface area contributed by atoms with Gasteiger partial charge in [0.2, 0.25) is 0 Å². The van der Waals surface area contributed by atoms with Crippen LogP contribution < -0.4 is 10.6 Å². The minimum Gasteiger partial charge on any atom is -0.349 e. The van der Waals surface area contributed by atoms with Crippen LogP contribution in [0.3, 0.4) is 0 Å². The smallest absolute Gasteiger partial charge is 0.252 e. The van der Waals surface area contributed by atoms with Crippen LogP contribution in [0, 0.1) is 11.8 Å². The van der Waals surface area contributed by atoms with E-state index in [2.05, 4.69) is 42.5 Å². The van der Waals surface area contributed by atoms with Crippen molar-refractivity contribution in [3.8, 4) is 0 Å². The largest absolute Gasteiger partial charge is 0.349 e. The van der Waals surface area contributed by atoms with E-state index < -0.39 is 0 Å². The van der Waals surface area contributed by atoms with Gasteiger partial charge >= 0.3 is 0 Å². The van der Waals surface area contributed by atoms with Gasteiger partial charge in [0, 0.05) is 21.0 Å². The number of hydrogen-bond donors (Lipinski definition) is 2. The van der Waals surface area contributed by atoms with E-state index in [1.165, 1.54) is 25.7 Å². The summed E-state index contributed by atoms with van der Waals surface area (Å²) >= 11 is 6.88. The lowest BCUT2D eigenvalue weighted by Gasteiger charge is -2.16. The number of carbonyl (C=O) groups excluding carboxylic acids is 2. The molecule has 24 heavy (non-hydrogen) atoms. The number of nitrogens with one attached hydrogen (secondary N) is 2. The summed E-state index contributed by atoms with van der Waals surface area (Å²) in [4.78, 5) is 24.9. The van der Waals surface area contributed by atoms with Crippen molar-refractivity contribution in [2.24, 2.45) is 11.8 Å². The molecule has 2 N–H and O–H groups in total. The Balaban J connectivity index is 1.72. The van der Waals surface area contributed by atoms with Crippen molar-refractivity contribution >= 4 is 43.7 Å². The van der Waals surface area contributed by atoms with Gasteiger partial charge in [0.1, 0.15) is 0 Å². The molecule has 0 radical (unpaired) electrons.